The van der Waals surface area contributed by atoms with E-state index in [-0.39, 0.29) is 0 Å². The summed E-state index contributed by atoms with van der Waals surface area (Å²) in [5.41, 5.74) is 0. The van der Waals surface area contributed by atoms with E-state index in [4.69, 9.17) is 0 Å². The van der Waals surface area contributed by atoms with E-state index in [1.54, 1.807) is 0 Å². The molecule has 0 aromatic rings. The Labute approximate surface area is 95.4 Å². The Bertz CT molecular complexity index is 147. The molecular formula is C13H28N2. The smallest absolute Gasteiger partial charge is 0.0195 e. The van der Waals surface area contributed by atoms with E-state index in [2.05, 4.69) is 31.1 Å². The van der Waals surface area contributed by atoms with Crippen molar-refractivity contribution in [1.82, 2.24) is 10.2 Å². The summed E-state index contributed by atoms with van der Waals surface area (Å²) in [4.78, 5) is 2.54. The van der Waals surface area contributed by atoms with E-state index in [1.165, 1.54) is 51.6 Å². The molecule has 1 aliphatic rings. The lowest BCUT2D eigenvalue weighted by atomic mass is 10.1. The Morgan fingerprint density at radius 1 is 1.20 bits per heavy atom. The van der Waals surface area contributed by atoms with Crippen LogP contribution in [-0.4, -0.2) is 37.1 Å². The standard InChI is InChI=1S/C13H28N2/c1-4-13(5-2)15(3)11-12-9-7-6-8-10-14-12/h12-14H,4-11H2,1-3H3. The second-order valence-electron chi connectivity index (χ2n) is 4.91. The van der Waals surface area contributed by atoms with E-state index in [1.807, 2.05) is 0 Å². The summed E-state index contributed by atoms with van der Waals surface area (Å²) in [5.74, 6) is 0. The van der Waals surface area contributed by atoms with Crippen molar-refractivity contribution in [3.8, 4) is 0 Å². The maximum absolute atomic E-state index is 3.67. The largest absolute Gasteiger partial charge is 0.313 e. The van der Waals surface area contributed by atoms with Gasteiger partial charge in [-0.2, -0.15) is 0 Å². The SMILES string of the molecule is CCC(CC)N(C)CC1CCCCCN1. The maximum Gasteiger partial charge on any atom is 0.0195 e. The molecule has 0 spiro atoms. The van der Waals surface area contributed by atoms with Gasteiger partial charge in [0, 0.05) is 18.6 Å². The van der Waals surface area contributed by atoms with Gasteiger partial charge < -0.3 is 10.2 Å². The molecule has 0 amide bonds. The Kier molecular flexibility index (Phi) is 6.26. The van der Waals surface area contributed by atoms with E-state index in [0.29, 0.717) is 0 Å². The van der Waals surface area contributed by atoms with Crippen molar-refractivity contribution in [2.24, 2.45) is 0 Å². The number of nitrogens with one attached hydrogen (secondary N) is 1. The van der Waals surface area contributed by atoms with Crippen molar-refractivity contribution in [2.45, 2.75) is 64.5 Å². The summed E-state index contributed by atoms with van der Waals surface area (Å²) >= 11 is 0. The van der Waals surface area contributed by atoms with Gasteiger partial charge >= 0.3 is 0 Å². The number of hydrogen-bond acceptors (Lipinski definition) is 2. The highest BCUT2D eigenvalue weighted by atomic mass is 15.1. The van der Waals surface area contributed by atoms with Crippen LogP contribution in [0.4, 0.5) is 0 Å². The van der Waals surface area contributed by atoms with Crippen LogP contribution in [0.1, 0.15) is 52.4 Å². The average molecular weight is 212 g/mol. The zero-order chi connectivity index (χ0) is 11.1. The second-order valence-corrected chi connectivity index (χ2v) is 4.91. The van der Waals surface area contributed by atoms with Gasteiger partial charge in [-0.3, -0.25) is 0 Å². The molecule has 2 nitrogen and oxygen atoms in total. The van der Waals surface area contributed by atoms with Crippen molar-refractivity contribution >= 4 is 0 Å². The Balaban J connectivity index is 2.31. The average Bonchev–Trinajstić information content (AvgIpc) is 2.48. The molecule has 0 bridgehead atoms. The van der Waals surface area contributed by atoms with Crippen LogP contribution in [-0.2, 0) is 0 Å². The summed E-state index contributed by atoms with van der Waals surface area (Å²) in [6.07, 6.45) is 8.11. The maximum atomic E-state index is 3.67. The molecule has 1 atom stereocenters. The minimum absolute atomic E-state index is 0.734. The van der Waals surface area contributed by atoms with Crippen LogP contribution in [0.15, 0.2) is 0 Å². The molecule has 1 N–H and O–H groups in total. The summed E-state index contributed by atoms with van der Waals surface area (Å²) in [5, 5.41) is 3.67. The normalized spacial score (nSPS) is 23.4. The van der Waals surface area contributed by atoms with Crippen LogP contribution in [0.2, 0.25) is 0 Å². The van der Waals surface area contributed by atoms with Gasteiger partial charge in [0.1, 0.15) is 0 Å². The molecule has 0 radical (unpaired) electrons. The zero-order valence-electron chi connectivity index (χ0n) is 10.8. The molecule has 0 aromatic heterocycles. The molecular weight excluding hydrogens is 184 g/mol. The lowest BCUT2D eigenvalue weighted by Gasteiger charge is -2.30. The molecule has 2 heteroatoms. The van der Waals surface area contributed by atoms with Gasteiger partial charge in [0.25, 0.3) is 0 Å². The van der Waals surface area contributed by atoms with Gasteiger partial charge in [-0.25, -0.2) is 0 Å². The molecule has 1 saturated heterocycles. The van der Waals surface area contributed by atoms with Crippen LogP contribution in [0.25, 0.3) is 0 Å². The molecule has 1 rings (SSSR count). The lowest BCUT2D eigenvalue weighted by molar-refractivity contribution is 0.204. The third kappa shape index (κ3) is 4.52. The molecule has 1 unspecified atom stereocenters. The van der Waals surface area contributed by atoms with Crippen molar-refractivity contribution in [2.75, 3.05) is 20.1 Å². The Morgan fingerprint density at radius 3 is 2.60 bits per heavy atom. The van der Waals surface area contributed by atoms with Gasteiger partial charge in [-0.15, -0.1) is 0 Å². The molecule has 1 fully saturated rings. The van der Waals surface area contributed by atoms with E-state index < -0.39 is 0 Å². The minimum Gasteiger partial charge on any atom is -0.313 e. The molecule has 90 valence electrons. The first-order chi connectivity index (χ1) is 7.27. The predicted octanol–water partition coefficient (Wildman–Crippen LogP) is 2.64. The molecule has 0 saturated carbocycles. The number of likely N-dealkylation sites (N-methyl/N-ethyl adjacent to an activating group) is 1. The van der Waals surface area contributed by atoms with Crippen LogP contribution in [0, 0.1) is 0 Å². The van der Waals surface area contributed by atoms with Crippen LogP contribution < -0.4 is 5.32 Å². The topological polar surface area (TPSA) is 15.3 Å². The van der Waals surface area contributed by atoms with Crippen molar-refractivity contribution in [3.63, 3.8) is 0 Å². The van der Waals surface area contributed by atoms with Crippen LogP contribution in [0.3, 0.4) is 0 Å². The van der Waals surface area contributed by atoms with Gasteiger partial charge in [-0.1, -0.05) is 26.7 Å². The van der Waals surface area contributed by atoms with Crippen molar-refractivity contribution in [1.29, 1.82) is 0 Å². The van der Waals surface area contributed by atoms with Gasteiger partial charge in [-0.05, 0) is 39.3 Å². The highest BCUT2D eigenvalue weighted by Crippen LogP contribution is 2.12. The van der Waals surface area contributed by atoms with Gasteiger partial charge in [0.05, 0.1) is 0 Å². The number of rotatable bonds is 5. The van der Waals surface area contributed by atoms with Gasteiger partial charge in [0.15, 0.2) is 0 Å². The summed E-state index contributed by atoms with van der Waals surface area (Å²) in [6.45, 7) is 7.05. The first kappa shape index (κ1) is 13.0. The van der Waals surface area contributed by atoms with Crippen molar-refractivity contribution in [3.05, 3.63) is 0 Å². The fourth-order valence-electron chi connectivity index (χ4n) is 2.67. The third-order valence-corrected chi connectivity index (χ3v) is 3.74. The monoisotopic (exact) mass is 212 g/mol. The van der Waals surface area contributed by atoms with E-state index in [9.17, 15) is 0 Å². The first-order valence-corrected chi connectivity index (χ1v) is 6.71. The summed E-state index contributed by atoms with van der Waals surface area (Å²) < 4.78 is 0. The fraction of sp³-hybridized carbons (Fsp3) is 1.00. The molecule has 1 aliphatic heterocycles. The van der Waals surface area contributed by atoms with Crippen LogP contribution >= 0.6 is 0 Å². The first-order valence-electron chi connectivity index (χ1n) is 6.71. The second kappa shape index (κ2) is 7.24. The highest BCUT2D eigenvalue weighted by molar-refractivity contribution is 4.76. The quantitative estimate of drug-likeness (QED) is 0.753. The van der Waals surface area contributed by atoms with Crippen LogP contribution in [0.5, 0.6) is 0 Å². The lowest BCUT2D eigenvalue weighted by Crippen LogP contribution is -2.42. The minimum atomic E-state index is 0.734. The van der Waals surface area contributed by atoms with E-state index >= 15 is 0 Å². The van der Waals surface area contributed by atoms with E-state index in [0.717, 1.165) is 12.1 Å². The summed E-state index contributed by atoms with van der Waals surface area (Å²) in [6, 6.07) is 1.51. The number of nitrogens with zero attached hydrogens (tertiary/aromatic N) is 1. The zero-order valence-corrected chi connectivity index (χ0v) is 10.8. The van der Waals surface area contributed by atoms with Gasteiger partial charge in [0.2, 0.25) is 0 Å². The fourth-order valence-corrected chi connectivity index (χ4v) is 2.67. The number of hydrogen-bond donors (Lipinski definition) is 1. The third-order valence-electron chi connectivity index (χ3n) is 3.74. The van der Waals surface area contributed by atoms with Crippen molar-refractivity contribution < 1.29 is 0 Å². The Hall–Kier alpha value is -0.0800. The molecule has 15 heavy (non-hydrogen) atoms. The summed E-state index contributed by atoms with van der Waals surface area (Å²) in [7, 11) is 2.28. The molecule has 1 heterocycles. The molecule has 0 aliphatic carbocycles. The molecule has 0 aromatic carbocycles. The highest BCUT2D eigenvalue weighted by Gasteiger charge is 2.17. The predicted molar refractivity (Wildman–Crippen MR) is 67.3 cm³/mol. The Morgan fingerprint density at radius 2 is 1.93 bits per heavy atom.